The van der Waals surface area contributed by atoms with Gasteiger partial charge in [0, 0.05) is 13.0 Å². The Balaban J connectivity index is 4.46. The van der Waals surface area contributed by atoms with Gasteiger partial charge in [0.2, 0.25) is 0 Å². The number of hydrogen-bond acceptors (Lipinski definition) is 5. The lowest BCUT2D eigenvalue weighted by molar-refractivity contribution is -0.162. The second-order valence-electron chi connectivity index (χ2n) is 15.3. The second kappa shape index (κ2) is 49.7. The number of rotatable bonds is 42. The van der Waals surface area contributed by atoms with Crippen molar-refractivity contribution in [1.29, 1.82) is 0 Å². The number of carbonyl (C=O) groups is 2. The van der Waals surface area contributed by atoms with Gasteiger partial charge < -0.3 is 14.2 Å². The van der Waals surface area contributed by atoms with Gasteiger partial charge in [-0.05, 0) is 103 Å². The van der Waals surface area contributed by atoms with Gasteiger partial charge in [-0.1, -0.05) is 194 Å². The van der Waals surface area contributed by atoms with Crippen LogP contribution in [0.1, 0.15) is 188 Å². The number of ether oxygens (including phenoxy) is 3. The van der Waals surface area contributed by atoms with E-state index in [2.05, 4.69) is 130 Å². The SMILES string of the molecule is CC/C=C\C/C=C\C/C=C\C/C=C\C/C=C\CC(=O)OCC(COCCCCCCCC/C=C\C/C=C\C/C=C\CC)OC(=O)CCCCCCC/C=C\C/C=C\CCC. The van der Waals surface area contributed by atoms with Crippen molar-refractivity contribution in [3.05, 3.63) is 122 Å². The Morgan fingerprint density at radius 2 is 0.800 bits per heavy atom. The highest BCUT2D eigenvalue weighted by molar-refractivity contribution is 5.71. The predicted octanol–water partition coefficient (Wildman–Crippen LogP) is 16.2. The molecule has 338 valence electrons. The van der Waals surface area contributed by atoms with Crippen LogP contribution in [0.3, 0.4) is 0 Å². The molecule has 0 fully saturated rings. The first-order chi connectivity index (χ1) is 29.6. The molecule has 60 heavy (non-hydrogen) atoms. The van der Waals surface area contributed by atoms with Crippen molar-refractivity contribution < 1.29 is 23.8 Å². The van der Waals surface area contributed by atoms with E-state index in [4.69, 9.17) is 14.2 Å². The van der Waals surface area contributed by atoms with Gasteiger partial charge in [-0.25, -0.2) is 0 Å². The third-order valence-corrected chi connectivity index (χ3v) is 9.48. The van der Waals surface area contributed by atoms with Crippen LogP contribution >= 0.6 is 0 Å². The third kappa shape index (κ3) is 47.0. The number of hydrogen-bond donors (Lipinski definition) is 0. The quantitative estimate of drug-likeness (QED) is 0.0348. The van der Waals surface area contributed by atoms with E-state index in [9.17, 15) is 9.59 Å². The van der Waals surface area contributed by atoms with Gasteiger partial charge in [0.1, 0.15) is 6.61 Å². The molecule has 0 aliphatic carbocycles. The Morgan fingerprint density at radius 3 is 1.28 bits per heavy atom. The van der Waals surface area contributed by atoms with Crippen LogP contribution in [0.4, 0.5) is 0 Å². The highest BCUT2D eigenvalue weighted by Crippen LogP contribution is 2.11. The van der Waals surface area contributed by atoms with Crippen molar-refractivity contribution in [2.24, 2.45) is 0 Å². The standard InChI is InChI=1S/C55H88O5/c1-4-7-10-13-16-19-22-25-27-29-32-35-38-41-44-47-50-58-51-53(60-55(57)49-46-43-40-37-34-30-24-21-18-15-12-9-6-3)52-59-54(56)48-45-42-39-36-33-31-28-26-23-20-17-14-11-8-5-2/h7-8,10-12,15-17,19-21,24-28,33,36,42,45,53H,4-6,9,13-14,18,22-23,29-32,34-35,37-41,43-44,46-52H2,1-3H3/b10-7-,11-8-,15-12-,19-16-,20-17-,24-21-,27-25-,28-26-,36-33-,45-42-. The van der Waals surface area contributed by atoms with E-state index in [0.717, 1.165) is 109 Å². The summed E-state index contributed by atoms with van der Waals surface area (Å²) in [5.41, 5.74) is 0. The number of esters is 2. The Labute approximate surface area is 369 Å². The summed E-state index contributed by atoms with van der Waals surface area (Å²) >= 11 is 0. The van der Waals surface area contributed by atoms with Gasteiger partial charge in [-0.3, -0.25) is 9.59 Å². The molecular weight excluding hydrogens is 741 g/mol. The minimum atomic E-state index is -0.597. The molecule has 5 heteroatoms. The van der Waals surface area contributed by atoms with Crippen LogP contribution in [0, 0.1) is 0 Å². The molecule has 0 rings (SSSR count). The van der Waals surface area contributed by atoms with Crippen molar-refractivity contribution in [1.82, 2.24) is 0 Å². The third-order valence-electron chi connectivity index (χ3n) is 9.48. The number of unbranched alkanes of at least 4 members (excludes halogenated alkanes) is 12. The summed E-state index contributed by atoms with van der Waals surface area (Å²) in [4.78, 5) is 25.3. The topological polar surface area (TPSA) is 61.8 Å². The summed E-state index contributed by atoms with van der Waals surface area (Å²) in [7, 11) is 0. The Kier molecular flexibility index (Phi) is 46.6. The summed E-state index contributed by atoms with van der Waals surface area (Å²) in [6.45, 7) is 7.36. The van der Waals surface area contributed by atoms with Crippen molar-refractivity contribution in [3.8, 4) is 0 Å². The molecule has 0 N–H and O–H groups in total. The highest BCUT2D eigenvalue weighted by Gasteiger charge is 2.17. The number of allylic oxidation sites excluding steroid dienone is 19. The Bertz CT molecular complexity index is 1260. The summed E-state index contributed by atoms with van der Waals surface area (Å²) in [6.07, 6.45) is 69.4. The molecule has 1 atom stereocenters. The highest BCUT2D eigenvalue weighted by atomic mass is 16.6. The van der Waals surface area contributed by atoms with Gasteiger partial charge in [-0.15, -0.1) is 0 Å². The first-order valence-corrected chi connectivity index (χ1v) is 24.1. The van der Waals surface area contributed by atoms with Gasteiger partial charge >= 0.3 is 11.9 Å². The lowest BCUT2D eigenvalue weighted by Gasteiger charge is -2.18. The van der Waals surface area contributed by atoms with Crippen LogP contribution in [0.5, 0.6) is 0 Å². The monoisotopic (exact) mass is 829 g/mol. The zero-order valence-electron chi connectivity index (χ0n) is 38.7. The molecule has 0 amide bonds. The minimum Gasteiger partial charge on any atom is -0.461 e. The molecule has 0 aromatic rings. The van der Waals surface area contributed by atoms with Crippen LogP contribution in [0.2, 0.25) is 0 Å². The largest absolute Gasteiger partial charge is 0.461 e. The first kappa shape index (κ1) is 56.3. The minimum absolute atomic E-state index is 0.0121. The first-order valence-electron chi connectivity index (χ1n) is 24.1. The molecule has 1 unspecified atom stereocenters. The Hall–Kier alpha value is -3.70. The molecule has 0 spiro atoms. The van der Waals surface area contributed by atoms with Crippen LogP contribution in [0.25, 0.3) is 0 Å². The van der Waals surface area contributed by atoms with Crippen molar-refractivity contribution >= 4 is 11.9 Å². The molecule has 0 radical (unpaired) electrons. The molecule has 0 bridgehead atoms. The summed E-state index contributed by atoms with van der Waals surface area (Å²) in [5, 5.41) is 0. The van der Waals surface area contributed by atoms with Gasteiger partial charge in [-0.2, -0.15) is 0 Å². The maximum atomic E-state index is 12.8. The molecule has 0 heterocycles. The van der Waals surface area contributed by atoms with Crippen LogP contribution in [-0.4, -0.2) is 37.9 Å². The molecule has 5 nitrogen and oxygen atoms in total. The average molecular weight is 829 g/mol. The van der Waals surface area contributed by atoms with Gasteiger partial charge in [0.25, 0.3) is 0 Å². The summed E-state index contributed by atoms with van der Waals surface area (Å²) in [6, 6.07) is 0. The summed E-state index contributed by atoms with van der Waals surface area (Å²) < 4.78 is 17.2. The van der Waals surface area contributed by atoms with E-state index in [1.807, 2.05) is 12.2 Å². The van der Waals surface area contributed by atoms with Crippen molar-refractivity contribution in [3.63, 3.8) is 0 Å². The lowest BCUT2D eigenvalue weighted by Crippen LogP contribution is -2.30. The van der Waals surface area contributed by atoms with E-state index < -0.39 is 6.10 Å². The lowest BCUT2D eigenvalue weighted by atomic mass is 10.1. The molecule has 0 aromatic carbocycles. The average Bonchev–Trinajstić information content (AvgIpc) is 3.25. The van der Waals surface area contributed by atoms with E-state index in [0.29, 0.717) is 13.0 Å². The van der Waals surface area contributed by atoms with E-state index in [1.165, 1.54) is 44.9 Å². The zero-order chi connectivity index (χ0) is 43.5. The van der Waals surface area contributed by atoms with Crippen LogP contribution < -0.4 is 0 Å². The molecule has 0 aromatic heterocycles. The van der Waals surface area contributed by atoms with E-state index >= 15 is 0 Å². The van der Waals surface area contributed by atoms with Crippen LogP contribution in [-0.2, 0) is 23.8 Å². The van der Waals surface area contributed by atoms with E-state index in [1.54, 1.807) is 0 Å². The van der Waals surface area contributed by atoms with E-state index in [-0.39, 0.29) is 31.6 Å². The molecule has 0 aliphatic heterocycles. The molecule has 0 aliphatic rings. The Morgan fingerprint density at radius 1 is 0.400 bits per heavy atom. The van der Waals surface area contributed by atoms with Gasteiger partial charge in [0.05, 0.1) is 13.0 Å². The van der Waals surface area contributed by atoms with Gasteiger partial charge in [0.15, 0.2) is 6.10 Å². The second-order valence-corrected chi connectivity index (χ2v) is 15.3. The number of carbonyl (C=O) groups excluding carboxylic acids is 2. The maximum absolute atomic E-state index is 12.8. The maximum Gasteiger partial charge on any atom is 0.309 e. The fraction of sp³-hybridized carbons (Fsp3) is 0.600. The summed E-state index contributed by atoms with van der Waals surface area (Å²) in [5.74, 6) is -0.578. The fourth-order valence-electron chi connectivity index (χ4n) is 5.99. The molecule has 0 saturated carbocycles. The fourth-order valence-corrected chi connectivity index (χ4v) is 5.99. The van der Waals surface area contributed by atoms with Crippen molar-refractivity contribution in [2.45, 2.75) is 194 Å². The predicted molar refractivity (Wildman–Crippen MR) is 260 cm³/mol. The van der Waals surface area contributed by atoms with Crippen LogP contribution in [0.15, 0.2) is 122 Å². The normalized spacial score (nSPS) is 13.3. The molecular formula is C55H88O5. The molecule has 0 saturated heterocycles. The zero-order valence-corrected chi connectivity index (χ0v) is 38.7. The smallest absolute Gasteiger partial charge is 0.309 e. The van der Waals surface area contributed by atoms with Crippen molar-refractivity contribution in [2.75, 3.05) is 19.8 Å².